The zero-order valence-electron chi connectivity index (χ0n) is 10.7. The van der Waals surface area contributed by atoms with Crippen molar-refractivity contribution in [3.63, 3.8) is 0 Å². The molecule has 0 unspecified atom stereocenters. The lowest BCUT2D eigenvalue weighted by atomic mass is 9.97. The van der Waals surface area contributed by atoms with E-state index in [1.54, 1.807) is 6.07 Å². The molecule has 1 heterocycles. The maximum absolute atomic E-state index is 13.2. The van der Waals surface area contributed by atoms with Gasteiger partial charge in [-0.25, -0.2) is 4.39 Å². The SMILES string of the molecule is O=C1CCc2cc(Cl)c(Cc3cccc(F)c3)cc2N1. The molecule has 0 spiro atoms. The first kappa shape index (κ1) is 13.1. The van der Waals surface area contributed by atoms with Crippen LogP contribution < -0.4 is 5.32 Å². The zero-order chi connectivity index (χ0) is 14.1. The standard InChI is InChI=1S/C16H13ClFNO/c17-14-8-11-4-5-16(20)19-15(11)9-12(14)6-10-2-1-3-13(18)7-10/h1-3,7-9H,4-6H2,(H,19,20). The van der Waals surface area contributed by atoms with E-state index < -0.39 is 0 Å². The fourth-order valence-corrected chi connectivity index (χ4v) is 2.70. The van der Waals surface area contributed by atoms with E-state index in [9.17, 15) is 9.18 Å². The lowest BCUT2D eigenvalue weighted by Gasteiger charge is -2.18. The van der Waals surface area contributed by atoms with Gasteiger partial charge in [0.1, 0.15) is 5.82 Å². The molecule has 0 fully saturated rings. The predicted octanol–water partition coefficient (Wildman–Crippen LogP) is 3.95. The van der Waals surface area contributed by atoms with E-state index in [1.165, 1.54) is 12.1 Å². The van der Waals surface area contributed by atoms with E-state index in [0.29, 0.717) is 24.3 Å². The second-order valence-corrected chi connectivity index (χ2v) is 5.36. The van der Waals surface area contributed by atoms with E-state index in [1.807, 2.05) is 18.2 Å². The summed E-state index contributed by atoms with van der Waals surface area (Å²) in [6, 6.07) is 10.2. The van der Waals surface area contributed by atoms with Gasteiger partial charge in [-0.05, 0) is 53.8 Å². The predicted molar refractivity (Wildman–Crippen MR) is 77.6 cm³/mol. The van der Waals surface area contributed by atoms with Crippen molar-refractivity contribution in [2.45, 2.75) is 19.3 Å². The van der Waals surface area contributed by atoms with Crippen molar-refractivity contribution >= 4 is 23.2 Å². The van der Waals surface area contributed by atoms with Crippen LogP contribution >= 0.6 is 11.6 Å². The largest absolute Gasteiger partial charge is 0.326 e. The van der Waals surface area contributed by atoms with Crippen LogP contribution in [0.15, 0.2) is 36.4 Å². The van der Waals surface area contributed by atoms with Crippen molar-refractivity contribution in [1.82, 2.24) is 0 Å². The molecule has 1 N–H and O–H groups in total. The Balaban J connectivity index is 1.94. The Morgan fingerprint density at radius 2 is 2.05 bits per heavy atom. The second-order valence-electron chi connectivity index (χ2n) is 4.96. The average molecular weight is 290 g/mol. The molecule has 0 radical (unpaired) electrons. The Bertz CT molecular complexity index is 684. The summed E-state index contributed by atoms with van der Waals surface area (Å²) >= 11 is 6.28. The smallest absolute Gasteiger partial charge is 0.224 e. The molecule has 2 nitrogen and oxygen atoms in total. The van der Waals surface area contributed by atoms with Crippen LogP contribution in [0.2, 0.25) is 5.02 Å². The highest BCUT2D eigenvalue weighted by Gasteiger charge is 2.17. The van der Waals surface area contributed by atoms with Crippen molar-refractivity contribution in [2.75, 3.05) is 5.32 Å². The van der Waals surface area contributed by atoms with Crippen molar-refractivity contribution in [2.24, 2.45) is 0 Å². The van der Waals surface area contributed by atoms with Crippen LogP contribution in [0, 0.1) is 5.82 Å². The van der Waals surface area contributed by atoms with E-state index in [2.05, 4.69) is 5.32 Å². The van der Waals surface area contributed by atoms with Gasteiger partial charge in [-0.2, -0.15) is 0 Å². The Labute approximate surface area is 121 Å². The molecule has 2 aromatic carbocycles. The van der Waals surface area contributed by atoms with Gasteiger partial charge in [0.05, 0.1) is 0 Å². The topological polar surface area (TPSA) is 29.1 Å². The van der Waals surface area contributed by atoms with Crippen LogP contribution in [0.25, 0.3) is 0 Å². The summed E-state index contributed by atoms with van der Waals surface area (Å²) in [7, 11) is 0. The first-order valence-electron chi connectivity index (χ1n) is 6.47. The van der Waals surface area contributed by atoms with Gasteiger partial charge in [-0.3, -0.25) is 4.79 Å². The number of anilines is 1. The summed E-state index contributed by atoms with van der Waals surface area (Å²) in [5.41, 5.74) is 3.61. The third-order valence-electron chi connectivity index (χ3n) is 3.45. The minimum atomic E-state index is -0.259. The molecule has 1 aliphatic heterocycles. The second kappa shape index (κ2) is 5.25. The Kier molecular flexibility index (Phi) is 3.45. The Hall–Kier alpha value is -1.87. The van der Waals surface area contributed by atoms with E-state index in [-0.39, 0.29) is 11.7 Å². The molecule has 102 valence electrons. The number of aryl methyl sites for hydroxylation is 1. The molecule has 0 saturated heterocycles. The van der Waals surface area contributed by atoms with Crippen molar-refractivity contribution in [3.8, 4) is 0 Å². The van der Waals surface area contributed by atoms with Crippen molar-refractivity contribution < 1.29 is 9.18 Å². The van der Waals surface area contributed by atoms with Crippen molar-refractivity contribution in [1.29, 1.82) is 0 Å². The maximum atomic E-state index is 13.2. The molecule has 0 aromatic heterocycles. The van der Waals surface area contributed by atoms with Gasteiger partial charge in [0, 0.05) is 17.1 Å². The molecule has 2 aromatic rings. The van der Waals surface area contributed by atoms with Crippen LogP contribution in [0.4, 0.5) is 10.1 Å². The normalized spacial score (nSPS) is 13.8. The first-order chi connectivity index (χ1) is 9.61. The molecule has 20 heavy (non-hydrogen) atoms. The van der Waals surface area contributed by atoms with E-state index in [0.717, 1.165) is 22.4 Å². The van der Waals surface area contributed by atoms with Crippen LogP contribution in [0.3, 0.4) is 0 Å². The molecule has 0 saturated carbocycles. The van der Waals surface area contributed by atoms with Crippen molar-refractivity contribution in [3.05, 3.63) is 63.9 Å². The number of hydrogen-bond acceptors (Lipinski definition) is 1. The van der Waals surface area contributed by atoms with Gasteiger partial charge in [-0.15, -0.1) is 0 Å². The highest BCUT2D eigenvalue weighted by molar-refractivity contribution is 6.31. The van der Waals surface area contributed by atoms with Crippen LogP contribution in [-0.2, 0) is 17.6 Å². The molecule has 1 amide bonds. The third-order valence-corrected chi connectivity index (χ3v) is 3.80. The summed E-state index contributed by atoms with van der Waals surface area (Å²) in [6.07, 6.45) is 1.74. The Morgan fingerprint density at radius 1 is 1.20 bits per heavy atom. The third kappa shape index (κ3) is 2.68. The monoisotopic (exact) mass is 289 g/mol. The number of fused-ring (bicyclic) bond motifs is 1. The molecule has 1 aliphatic rings. The fraction of sp³-hybridized carbons (Fsp3) is 0.188. The number of carbonyl (C=O) groups excluding carboxylic acids is 1. The van der Waals surface area contributed by atoms with Gasteiger partial charge in [0.25, 0.3) is 0 Å². The fourth-order valence-electron chi connectivity index (χ4n) is 2.45. The summed E-state index contributed by atoms with van der Waals surface area (Å²) in [4.78, 5) is 11.4. The summed E-state index contributed by atoms with van der Waals surface area (Å²) in [5.74, 6) is -0.235. The number of amides is 1. The number of halogens is 2. The van der Waals surface area contributed by atoms with Crippen LogP contribution in [0.1, 0.15) is 23.1 Å². The maximum Gasteiger partial charge on any atom is 0.224 e. The number of nitrogens with one attached hydrogen (secondary N) is 1. The first-order valence-corrected chi connectivity index (χ1v) is 6.85. The highest BCUT2D eigenvalue weighted by atomic mass is 35.5. The summed E-state index contributed by atoms with van der Waals surface area (Å²) in [6.45, 7) is 0. The van der Waals surface area contributed by atoms with Crippen LogP contribution in [-0.4, -0.2) is 5.91 Å². The molecule has 0 atom stereocenters. The van der Waals surface area contributed by atoms with E-state index >= 15 is 0 Å². The zero-order valence-corrected chi connectivity index (χ0v) is 11.5. The van der Waals surface area contributed by atoms with Gasteiger partial charge in [0.15, 0.2) is 0 Å². The molecule has 0 bridgehead atoms. The lowest BCUT2D eigenvalue weighted by Crippen LogP contribution is -2.19. The number of rotatable bonds is 2. The number of carbonyl (C=O) groups is 1. The molecule has 0 aliphatic carbocycles. The van der Waals surface area contributed by atoms with E-state index in [4.69, 9.17) is 11.6 Å². The summed E-state index contributed by atoms with van der Waals surface area (Å²) < 4.78 is 13.2. The minimum absolute atomic E-state index is 0.0246. The van der Waals surface area contributed by atoms with Gasteiger partial charge in [0.2, 0.25) is 5.91 Å². The summed E-state index contributed by atoms with van der Waals surface area (Å²) in [5, 5.41) is 3.51. The molecule has 3 rings (SSSR count). The van der Waals surface area contributed by atoms with Crippen LogP contribution in [0.5, 0.6) is 0 Å². The minimum Gasteiger partial charge on any atom is -0.326 e. The molecule has 4 heteroatoms. The lowest BCUT2D eigenvalue weighted by molar-refractivity contribution is -0.116. The van der Waals surface area contributed by atoms with Gasteiger partial charge < -0.3 is 5.32 Å². The van der Waals surface area contributed by atoms with Gasteiger partial charge in [-0.1, -0.05) is 23.7 Å². The Morgan fingerprint density at radius 3 is 2.85 bits per heavy atom. The number of benzene rings is 2. The highest BCUT2D eigenvalue weighted by Crippen LogP contribution is 2.30. The molecular weight excluding hydrogens is 277 g/mol. The quantitative estimate of drug-likeness (QED) is 0.891. The average Bonchev–Trinajstić information content (AvgIpc) is 2.40. The molecular formula is C16H13ClFNO. The number of hydrogen-bond donors (Lipinski definition) is 1. The van der Waals surface area contributed by atoms with Gasteiger partial charge >= 0.3 is 0 Å².